The van der Waals surface area contributed by atoms with Crippen LogP contribution in [-0.4, -0.2) is 67.9 Å². The van der Waals surface area contributed by atoms with Crippen LogP contribution in [0.5, 0.6) is 0 Å². The minimum absolute atomic E-state index is 0. The van der Waals surface area contributed by atoms with Gasteiger partial charge in [0.05, 0.1) is 5.75 Å². The van der Waals surface area contributed by atoms with Gasteiger partial charge in [0, 0.05) is 49.4 Å². The minimum atomic E-state index is -3.04. The van der Waals surface area contributed by atoms with Crippen molar-refractivity contribution in [3.8, 4) is 0 Å². The van der Waals surface area contributed by atoms with Crippen LogP contribution in [0.1, 0.15) is 20.3 Å². The number of carbonyl (C=O) groups is 1. The summed E-state index contributed by atoms with van der Waals surface area (Å²) in [5.74, 6) is 2.21. The molecular weight excluding hydrogens is 320 g/mol. The Balaban J connectivity index is 0.00000361. The summed E-state index contributed by atoms with van der Waals surface area (Å²) in [4.78, 5) is 13.7. The van der Waals surface area contributed by atoms with Crippen LogP contribution in [0, 0.1) is 0 Å². The molecule has 2 atom stereocenters. The number of nitrogens with zero attached hydrogens (tertiary/aromatic N) is 1. The van der Waals surface area contributed by atoms with Crippen molar-refractivity contribution in [2.45, 2.75) is 32.4 Å². The van der Waals surface area contributed by atoms with Gasteiger partial charge in [-0.3, -0.25) is 4.79 Å². The topological polar surface area (TPSA) is 66.5 Å². The van der Waals surface area contributed by atoms with Crippen molar-refractivity contribution in [2.24, 2.45) is 0 Å². The molecule has 1 saturated heterocycles. The number of hydrogen-bond donors (Lipinski definition) is 1. The summed E-state index contributed by atoms with van der Waals surface area (Å²) >= 11 is 1.85. The van der Waals surface area contributed by atoms with Gasteiger partial charge < -0.3 is 10.2 Å². The Hall–Kier alpha value is 0.0200. The first kappa shape index (κ1) is 20.0. The molecule has 1 heterocycles. The molecule has 2 unspecified atom stereocenters. The molecule has 1 rings (SSSR count). The Morgan fingerprint density at radius 2 is 2.15 bits per heavy atom. The quantitative estimate of drug-likeness (QED) is 0.771. The molecule has 1 N–H and O–H groups in total. The highest BCUT2D eigenvalue weighted by Crippen LogP contribution is 2.12. The maximum Gasteiger partial charge on any atom is 0.224 e. The van der Waals surface area contributed by atoms with Crippen molar-refractivity contribution in [1.82, 2.24) is 10.2 Å². The molecule has 0 aliphatic carbocycles. The highest BCUT2D eigenvalue weighted by Gasteiger charge is 2.24. The van der Waals surface area contributed by atoms with E-state index in [0.29, 0.717) is 6.42 Å². The summed E-state index contributed by atoms with van der Waals surface area (Å²) in [5.41, 5.74) is 0. The van der Waals surface area contributed by atoms with Crippen molar-refractivity contribution >= 4 is 39.9 Å². The van der Waals surface area contributed by atoms with Crippen LogP contribution in [0.25, 0.3) is 0 Å². The predicted molar refractivity (Wildman–Crippen MR) is 87.5 cm³/mol. The van der Waals surface area contributed by atoms with E-state index in [4.69, 9.17) is 0 Å². The second-order valence-electron chi connectivity index (χ2n) is 4.98. The van der Waals surface area contributed by atoms with E-state index in [1.54, 1.807) is 25.8 Å². The molecule has 0 aromatic heterocycles. The van der Waals surface area contributed by atoms with Gasteiger partial charge in [-0.1, -0.05) is 6.92 Å². The SMILES string of the molecule is CCS(=O)(=O)CC(C)N(C)C(=O)CC1CSCCN1.Cl. The van der Waals surface area contributed by atoms with Gasteiger partial charge in [0.2, 0.25) is 5.91 Å². The molecule has 120 valence electrons. The highest BCUT2D eigenvalue weighted by atomic mass is 35.5. The molecule has 1 fully saturated rings. The van der Waals surface area contributed by atoms with E-state index < -0.39 is 9.84 Å². The number of amides is 1. The van der Waals surface area contributed by atoms with E-state index in [0.717, 1.165) is 18.1 Å². The molecular formula is C12H25ClN2O3S2. The lowest BCUT2D eigenvalue weighted by Gasteiger charge is -2.28. The number of hydrogen-bond acceptors (Lipinski definition) is 5. The lowest BCUT2D eigenvalue weighted by atomic mass is 10.2. The van der Waals surface area contributed by atoms with Gasteiger partial charge in [-0.05, 0) is 6.92 Å². The summed E-state index contributed by atoms with van der Waals surface area (Å²) in [5, 5.41) is 3.32. The van der Waals surface area contributed by atoms with Crippen molar-refractivity contribution in [3.05, 3.63) is 0 Å². The zero-order valence-electron chi connectivity index (χ0n) is 12.3. The molecule has 1 amide bonds. The number of carbonyl (C=O) groups excluding carboxylic acids is 1. The molecule has 1 aliphatic heterocycles. The Kier molecular flexibility index (Phi) is 9.13. The van der Waals surface area contributed by atoms with Gasteiger partial charge in [-0.15, -0.1) is 12.4 Å². The minimum Gasteiger partial charge on any atom is -0.342 e. The Morgan fingerprint density at radius 1 is 1.50 bits per heavy atom. The van der Waals surface area contributed by atoms with Crippen LogP contribution in [0.15, 0.2) is 0 Å². The molecule has 8 heteroatoms. The van der Waals surface area contributed by atoms with Gasteiger partial charge >= 0.3 is 0 Å². The highest BCUT2D eigenvalue weighted by molar-refractivity contribution is 7.99. The fraction of sp³-hybridized carbons (Fsp3) is 0.917. The Morgan fingerprint density at radius 3 is 2.65 bits per heavy atom. The number of rotatable bonds is 6. The van der Waals surface area contributed by atoms with Crippen molar-refractivity contribution in [2.75, 3.05) is 36.6 Å². The molecule has 1 aliphatic rings. The summed E-state index contributed by atoms with van der Waals surface area (Å²) in [6.07, 6.45) is 0.444. The second-order valence-corrected chi connectivity index (χ2v) is 8.53. The number of sulfone groups is 1. The summed E-state index contributed by atoms with van der Waals surface area (Å²) in [7, 11) is -1.36. The van der Waals surface area contributed by atoms with Crippen molar-refractivity contribution < 1.29 is 13.2 Å². The largest absolute Gasteiger partial charge is 0.342 e. The maximum atomic E-state index is 12.1. The fourth-order valence-electron chi connectivity index (χ4n) is 1.95. The molecule has 0 radical (unpaired) electrons. The zero-order chi connectivity index (χ0) is 14.5. The standard InChI is InChI=1S/C12H24N2O3S2.ClH/c1-4-19(16,17)9-10(2)14(3)12(15)7-11-8-18-6-5-13-11;/h10-11,13H,4-9H2,1-3H3;1H. The van der Waals surface area contributed by atoms with Crippen LogP contribution in [0.2, 0.25) is 0 Å². The molecule has 20 heavy (non-hydrogen) atoms. The first-order chi connectivity index (χ1) is 8.85. The predicted octanol–water partition coefficient (Wildman–Crippen LogP) is 0.785. The average molecular weight is 345 g/mol. The third kappa shape index (κ3) is 6.65. The van der Waals surface area contributed by atoms with Crippen LogP contribution in [0.4, 0.5) is 0 Å². The third-order valence-electron chi connectivity index (χ3n) is 3.41. The van der Waals surface area contributed by atoms with E-state index in [2.05, 4.69) is 5.32 Å². The molecule has 0 aromatic rings. The third-order valence-corrected chi connectivity index (χ3v) is 6.41. The molecule has 5 nitrogen and oxygen atoms in total. The smallest absolute Gasteiger partial charge is 0.224 e. The van der Waals surface area contributed by atoms with Crippen LogP contribution >= 0.6 is 24.2 Å². The Bertz CT molecular complexity index is 398. The maximum absolute atomic E-state index is 12.1. The van der Waals surface area contributed by atoms with Gasteiger partial charge in [-0.25, -0.2) is 8.42 Å². The van der Waals surface area contributed by atoms with Crippen LogP contribution < -0.4 is 5.32 Å². The fourth-order valence-corrected chi connectivity index (χ4v) is 4.09. The number of halogens is 1. The summed E-state index contributed by atoms with van der Waals surface area (Å²) < 4.78 is 23.1. The van der Waals surface area contributed by atoms with Gasteiger partial charge in [0.25, 0.3) is 0 Å². The summed E-state index contributed by atoms with van der Waals surface area (Å²) in [6, 6.07) is -0.0580. The molecule has 0 saturated carbocycles. The van der Waals surface area contributed by atoms with E-state index in [9.17, 15) is 13.2 Å². The Labute approximate surface area is 132 Å². The first-order valence-electron chi connectivity index (χ1n) is 6.63. The van der Waals surface area contributed by atoms with Gasteiger partial charge in [-0.2, -0.15) is 11.8 Å². The van der Waals surface area contributed by atoms with E-state index in [1.165, 1.54) is 0 Å². The van der Waals surface area contributed by atoms with E-state index in [1.807, 2.05) is 11.8 Å². The van der Waals surface area contributed by atoms with Crippen molar-refractivity contribution in [1.29, 1.82) is 0 Å². The van der Waals surface area contributed by atoms with Gasteiger partial charge in [0.15, 0.2) is 9.84 Å². The van der Waals surface area contributed by atoms with Crippen LogP contribution in [-0.2, 0) is 14.6 Å². The van der Waals surface area contributed by atoms with E-state index >= 15 is 0 Å². The van der Waals surface area contributed by atoms with Gasteiger partial charge in [0.1, 0.15) is 0 Å². The second kappa shape index (κ2) is 9.12. The number of thioether (sulfide) groups is 1. The van der Waals surface area contributed by atoms with Crippen molar-refractivity contribution in [3.63, 3.8) is 0 Å². The molecule has 0 bridgehead atoms. The lowest BCUT2D eigenvalue weighted by molar-refractivity contribution is -0.131. The summed E-state index contributed by atoms with van der Waals surface area (Å²) in [6.45, 7) is 4.35. The average Bonchev–Trinajstić information content (AvgIpc) is 2.38. The normalized spacial score (nSPS) is 20.9. The lowest BCUT2D eigenvalue weighted by Crippen LogP contribution is -2.45. The van der Waals surface area contributed by atoms with E-state index in [-0.39, 0.29) is 41.9 Å². The zero-order valence-corrected chi connectivity index (χ0v) is 14.7. The monoisotopic (exact) mass is 344 g/mol. The molecule has 0 aromatic carbocycles. The number of nitrogens with one attached hydrogen (secondary N) is 1. The van der Waals surface area contributed by atoms with Crippen LogP contribution in [0.3, 0.4) is 0 Å². The first-order valence-corrected chi connectivity index (χ1v) is 9.60. The molecule has 0 spiro atoms.